The van der Waals surface area contributed by atoms with Gasteiger partial charge in [0.05, 0.1) is 12.5 Å². The van der Waals surface area contributed by atoms with E-state index in [1.807, 2.05) is 0 Å². The normalized spacial score (nSPS) is 43.0. The molecule has 3 rings (SSSR count). The molecular weight excluding hydrogens is 206 g/mol. The van der Waals surface area contributed by atoms with Gasteiger partial charge in [0, 0.05) is 26.2 Å². The molecule has 3 aliphatic rings. The van der Waals surface area contributed by atoms with Crippen LogP contribution in [0.1, 0.15) is 12.8 Å². The minimum atomic E-state index is -0.587. The Bertz CT molecular complexity index is 276. The maximum Gasteiger partial charge on any atom is 0.307 e. The van der Waals surface area contributed by atoms with Crippen molar-refractivity contribution in [1.29, 1.82) is 0 Å². The molecular formula is C12H19NO3. The molecule has 2 heterocycles. The minimum Gasteiger partial charge on any atom is -0.481 e. The fourth-order valence-electron chi connectivity index (χ4n) is 3.45. The van der Waals surface area contributed by atoms with Crippen molar-refractivity contribution in [2.45, 2.75) is 12.8 Å². The van der Waals surface area contributed by atoms with Crippen LogP contribution in [0.5, 0.6) is 0 Å². The Kier molecular flexibility index (Phi) is 2.64. The van der Waals surface area contributed by atoms with Crippen molar-refractivity contribution in [2.24, 2.45) is 23.7 Å². The summed E-state index contributed by atoms with van der Waals surface area (Å²) >= 11 is 0. The number of nitrogens with zero attached hydrogens (tertiary/aromatic N) is 1. The van der Waals surface area contributed by atoms with Crippen LogP contribution in [0.4, 0.5) is 0 Å². The Morgan fingerprint density at radius 1 is 1.38 bits per heavy atom. The van der Waals surface area contributed by atoms with Crippen LogP contribution in [0.3, 0.4) is 0 Å². The minimum absolute atomic E-state index is 0.0288. The van der Waals surface area contributed by atoms with Crippen LogP contribution in [0, 0.1) is 23.7 Å². The summed E-state index contributed by atoms with van der Waals surface area (Å²) in [6.07, 6.45) is 2.46. The molecule has 16 heavy (non-hydrogen) atoms. The van der Waals surface area contributed by atoms with E-state index in [2.05, 4.69) is 4.90 Å². The Labute approximate surface area is 95.6 Å². The summed E-state index contributed by atoms with van der Waals surface area (Å²) in [6.45, 7) is 4.92. The number of likely N-dealkylation sites (tertiary alicyclic amines) is 1. The van der Waals surface area contributed by atoms with Gasteiger partial charge in [-0.3, -0.25) is 4.79 Å². The van der Waals surface area contributed by atoms with E-state index in [0.717, 1.165) is 32.8 Å². The summed E-state index contributed by atoms with van der Waals surface area (Å²) in [5.74, 6) is 0.952. The molecule has 2 saturated heterocycles. The number of ether oxygens (including phenoxy) is 1. The van der Waals surface area contributed by atoms with Gasteiger partial charge >= 0.3 is 5.97 Å². The zero-order chi connectivity index (χ0) is 11.1. The number of carboxylic acids is 1. The molecule has 4 nitrogen and oxygen atoms in total. The highest BCUT2D eigenvalue weighted by molar-refractivity contribution is 5.74. The lowest BCUT2D eigenvalue weighted by molar-refractivity contribution is -0.139. The molecule has 0 radical (unpaired) electrons. The Hall–Kier alpha value is -0.610. The van der Waals surface area contributed by atoms with Crippen molar-refractivity contribution in [3.8, 4) is 0 Å². The SMILES string of the molecule is O=C(O)C1[C@H]2CN(CC3CCCOC3)C[C@@H]12. The smallest absolute Gasteiger partial charge is 0.307 e. The Balaban J connectivity index is 1.45. The fourth-order valence-corrected chi connectivity index (χ4v) is 3.45. The van der Waals surface area contributed by atoms with E-state index >= 15 is 0 Å². The molecule has 0 amide bonds. The molecule has 0 bridgehead atoms. The summed E-state index contributed by atoms with van der Waals surface area (Å²) in [5, 5.41) is 8.93. The number of aliphatic carboxylic acids is 1. The van der Waals surface area contributed by atoms with Crippen molar-refractivity contribution in [2.75, 3.05) is 32.8 Å². The standard InChI is InChI=1S/C12H19NO3/c14-12(15)11-9-5-13(6-10(9)11)4-8-2-1-3-16-7-8/h8-11H,1-7H2,(H,14,15)/t8?,9-,10+,11?. The molecule has 0 aromatic heterocycles. The van der Waals surface area contributed by atoms with Gasteiger partial charge in [0.1, 0.15) is 0 Å². The van der Waals surface area contributed by atoms with Crippen LogP contribution in [0.25, 0.3) is 0 Å². The quantitative estimate of drug-likeness (QED) is 0.767. The van der Waals surface area contributed by atoms with Crippen LogP contribution in [0.15, 0.2) is 0 Å². The van der Waals surface area contributed by atoms with Crippen molar-refractivity contribution in [3.63, 3.8) is 0 Å². The fraction of sp³-hybridized carbons (Fsp3) is 0.917. The predicted molar refractivity (Wildman–Crippen MR) is 58.1 cm³/mol. The van der Waals surface area contributed by atoms with Gasteiger partial charge in [-0.1, -0.05) is 0 Å². The molecule has 1 saturated carbocycles. The second kappa shape index (κ2) is 4.00. The number of rotatable bonds is 3. The topological polar surface area (TPSA) is 49.8 Å². The molecule has 1 N–H and O–H groups in total. The first-order valence-electron chi connectivity index (χ1n) is 6.28. The van der Waals surface area contributed by atoms with Gasteiger partial charge in [-0.05, 0) is 30.6 Å². The predicted octanol–water partition coefficient (Wildman–Crippen LogP) is 0.675. The molecule has 4 heteroatoms. The summed E-state index contributed by atoms with van der Waals surface area (Å²) in [5.41, 5.74) is 0. The van der Waals surface area contributed by atoms with Gasteiger partial charge in [-0.2, -0.15) is 0 Å². The molecule has 0 aromatic carbocycles. The van der Waals surface area contributed by atoms with Crippen LogP contribution < -0.4 is 0 Å². The third-order valence-electron chi connectivity index (χ3n) is 4.33. The monoisotopic (exact) mass is 225 g/mol. The lowest BCUT2D eigenvalue weighted by Crippen LogP contribution is -2.34. The van der Waals surface area contributed by atoms with E-state index in [-0.39, 0.29) is 5.92 Å². The van der Waals surface area contributed by atoms with Gasteiger partial charge < -0.3 is 14.7 Å². The lowest BCUT2D eigenvalue weighted by atomic mass is 10.0. The Morgan fingerprint density at radius 3 is 2.69 bits per heavy atom. The largest absolute Gasteiger partial charge is 0.481 e. The highest BCUT2D eigenvalue weighted by atomic mass is 16.5. The maximum absolute atomic E-state index is 10.8. The highest BCUT2D eigenvalue weighted by Gasteiger charge is 2.59. The number of carbonyl (C=O) groups is 1. The van der Waals surface area contributed by atoms with E-state index in [1.165, 1.54) is 12.8 Å². The van der Waals surface area contributed by atoms with E-state index in [9.17, 15) is 4.79 Å². The lowest BCUT2D eigenvalue weighted by Gasteiger charge is -2.28. The van der Waals surface area contributed by atoms with E-state index < -0.39 is 5.97 Å². The van der Waals surface area contributed by atoms with Gasteiger partial charge in [0.2, 0.25) is 0 Å². The van der Waals surface area contributed by atoms with Gasteiger partial charge in [0.15, 0.2) is 0 Å². The highest BCUT2D eigenvalue weighted by Crippen LogP contribution is 2.51. The van der Waals surface area contributed by atoms with Gasteiger partial charge in [-0.25, -0.2) is 0 Å². The first kappa shape index (κ1) is 10.5. The third-order valence-corrected chi connectivity index (χ3v) is 4.33. The molecule has 4 atom stereocenters. The average Bonchev–Trinajstić information content (AvgIpc) is 2.79. The first-order valence-corrected chi connectivity index (χ1v) is 6.28. The summed E-state index contributed by atoms with van der Waals surface area (Å²) in [4.78, 5) is 13.3. The van der Waals surface area contributed by atoms with Crippen LogP contribution in [0.2, 0.25) is 0 Å². The number of hydrogen-bond donors (Lipinski definition) is 1. The molecule has 1 aliphatic carbocycles. The van der Waals surface area contributed by atoms with E-state index in [0.29, 0.717) is 17.8 Å². The van der Waals surface area contributed by atoms with Crippen LogP contribution in [-0.4, -0.2) is 48.8 Å². The molecule has 2 unspecified atom stereocenters. The van der Waals surface area contributed by atoms with Gasteiger partial charge in [-0.15, -0.1) is 0 Å². The number of carboxylic acid groups (broad SMARTS) is 1. The molecule has 3 fully saturated rings. The number of fused-ring (bicyclic) bond motifs is 1. The molecule has 2 aliphatic heterocycles. The molecule has 90 valence electrons. The van der Waals surface area contributed by atoms with Crippen molar-refractivity contribution in [3.05, 3.63) is 0 Å². The third kappa shape index (κ3) is 1.84. The average molecular weight is 225 g/mol. The molecule has 0 spiro atoms. The van der Waals surface area contributed by atoms with Crippen molar-refractivity contribution < 1.29 is 14.6 Å². The number of hydrogen-bond acceptors (Lipinski definition) is 3. The first-order chi connectivity index (χ1) is 7.75. The second-order valence-electron chi connectivity index (χ2n) is 5.49. The van der Waals surface area contributed by atoms with Crippen LogP contribution >= 0.6 is 0 Å². The Morgan fingerprint density at radius 2 is 2.12 bits per heavy atom. The van der Waals surface area contributed by atoms with E-state index in [4.69, 9.17) is 9.84 Å². The van der Waals surface area contributed by atoms with Crippen LogP contribution in [-0.2, 0) is 9.53 Å². The summed E-state index contributed by atoms with van der Waals surface area (Å²) in [7, 11) is 0. The van der Waals surface area contributed by atoms with Gasteiger partial charge in [0.25, 0.3) is 0 Å². The second-order valence-corrected chi connectivity index (χ2v) is 5.49. The zero-order valence-corrected chi connectivity index (χ0v) is 9.47. The van der Waals surface area contributed by atoms with Crippen molar-refractivity contribution in [1.82, 2.24) is 4.90 Å². The van der Waals surface area contributed by atoms with E-state index in [1.54, 1.807) is 0 Å². The summed E-state index contributed by atoms with van der Waals surface area (Å²) < 4.78 is 5.47. The number of piperidine rings is 1. The summed E-state index contributed by atoms with van der Waals surface area (Å²) in [6, 6.07) is 0. The zero-order valence-electron chi connectivity index (χ0n) is 9.47. The molecule has 0 aromatic rings. The maximum atomic E-state index is 10.8. The van der Waals surface area contributed by atoms with Crippen molar-refractivity contribution >= 4 is 5.97 Å².